The average Bonchev–Trinajstić information content (AvgIpc) is 3.22. The molecule has 0 bridgehead atoms. The van der Waals surface area contributed by atoms with E-state index in [2.05, 4.69) is 26.4 Å². The van der Waals surface area contributed by atoms with Crippen LogP contribution in [0.3, 0.4) is 0 Å². The number of aliphatic hydroxyl groups is 1. The second-order valence-electron chi connectivity index (χ2n) is 6.83. The van der Waals surface area contributed by atoms with E-state index in [9.17, 15) is 5.11 Å². The number of anilines is 2. The minimum Gasteiger partial charge on any atom is -0.497 e. The van der Waals surface area contributed by atoms with Gasteiger partial charge in [0, 0.05) is 18.7 Å². The highest BCUT2D eigenvalue weighted by atomic mass is 16.5. The molecule has 0 saturated carbocycles. The lowest BCUT2D eigenvalue weighted by molar-refractivity contribution is 0.145. The van der Waals surface area contributed by atoms with Crippen LogP contribution in [-0.4, -0.2) is 41.6 Å². The molecule has 1 aromatic heterocycles. The summed E-state index contributed by atoms with van der Waals surface area (Å²) < 4.78 is 10.6. The van der Waals surface area contributed by atoms with E-state index in [-0.39, 0.29) is 6.10 Å². The number of aromatic nitrogens is 2. The lowest BCUT2D eigenvalue weighted by Crippen LogP contribution is -2.36. The van der Waals surface area contributed by atoms with Gasteiger partial charge in [0.2, 0.25) is 0 Å². The highest BCUT2D eigenvalue weighted by Gasteiger charge is 2.19. The summed E-state index contributed by atoms with van der Waals surface area (Å²) in [6.07, 6.45) is 1.40. The van der Waals surface area contributed by atoms with Crippen LogP contribution >= 0.6 is 0 Å². The first-order valence-electron chi connectivity index (χ1n) is 9.46. The van der Waals surface area contributed by atoms with Crippen molar-refractivity contribution in [2.24, 2.45) is 0 Å². The third kappa shape index (κ3) is 4.09. The van der Waals surface area contributed by atoms with Gasteiger partial charge in [-0.25, -0.2) is 0 Å². The Labute approximate surface area is 163 Å². The quantitative estimate of drug-likeness (QED) is 0.679. The monoisotopic (exact) mass is 380 g/mol. The molecule has 1 fully saturated rings. The summed E-state index contributed by atoms with van der Waals surface area (Å²) in [5, 5.41) is 17.2. The second kappa shape index (κ2) is 8.31. The number of hydrogen-bond donors (Lipinski definition) is 2. The van der Waals surface area contributed by atoms with Gasteiger partial charge in [-0.1, -0.05) is 17.3 Å². The van der Waals surface area contributed by atoms with Crippen molar-refractivity contribution in [1.29, 1.82) is 0 Å². The molecule has 0 atom stereocenters. The maximum Gasteiger partial charge on any atom is 0.257 e. The average molecular weight is 380 g/mol. The van der Waals surface area contributed by atoms with E-state index in [0.29, 0.717) is 18.3 Å². The number of aliphatic hydroxyl groups excluding tert-OH is 1. The molecule has 1 aliphatic rings. The molecule has 2 aromatic carbocycles. The minimum atomic E-state index is -0.188. The zero-order valence-electron chi connectivity index (χ0n) is 15.8. The van der Waals surface area contributed by atoms with Gasteiger partial charge < -0.3 is 24.6 Å². The predicted octanol–water partition coefficient (Wildman–Crippen LogP) is 3.32. The Morgan fingerprint density at radius 1 is 1.14 bits per heavy atom. The van der Waals surface area contributed by atoms with Gasteiger partial charge in [-0.3, -0.25) is 0 Å². The highest BCUT2D eigenvalue weighted by molar-refractivity contribution is 5.70. The fraction of sp³-hybridized carbons (Fsp3) is 0.333. The van der Waals surface area contributed by atoms with Crippen LogP contribution in [0.1, 0.15) is 18.7 Å². The molecule has 0 aliphatic carbocycles. The van der Waals surface area contributed by atoms with E-state index >= 15 is 0 Å². The third-order valence-corrected chi connectivity index (χ3v) is 4.95. The van der Waals surface area contributed by atoms with Gasteiger partial charge in [-0.15, -0.1) is 0 Å². The highest BCUT2D eigenvalue weighted by Crippen LogP contribution is 2.29. The Balaban J connectivity index is 1.43. The zero-order valence-corrected chi connectivity index (χ0v) is 15.8. The van der Waals surface area contributed by atoms with Crippen molar-refractivity contribution in [2.45, 2.75) is 25.5 Å². The van der Waals surface area contributed by atoms with E-state index in [4.69, 9.17) is 9.26 Å². The molecular weight excluding hydrogens is 356 g/mol. The Hall–Kier alpha value is -3.06. The zero-order chi connectivity index (χ0) is 19.3. The fourth-order valence-electron chi connectivity index (χ4n) is 3.36. The largest absolute Gasteiger partial charge is 0.497 e. The maximum absolute atomic E-state index is 9.74. The Kier molecular flexibility index (Phi) is 5.43. The summed E-state index contributed by atoms with van der Waals surface area (Å²) in [6, 6.07) is 15.7. The standard InChI is InChI=1S/C21H24N4O3/c1-27-17-8-6-15(7-9-17)21-23-20(24-28-21)14-22-18-4-2-3-5-19(18)25-12-10-16(26)11-13-25/h2-9,16,22,26H,10-14H2,1H3. The van der Waals surface area contributed by atoms with Crippen molar-refractivity contribution in [3.05, 3.63) is 54.4 Å². The van der Waals surface area contributed by atoms with Crippen molar-refractivity contribution in [2.75, 3.05) is 30.4 Å². The molecule has 0 unspecified atom stereocenters. The summed E-state index contributed by atoms with van der Waals surface area (Å²) in [4.78, 5) is 6.78. The first-order valence-corrected chi connectivity index (χ1v) is 9.46. The van der Waals surface area contributed by atoms with Gasteiger partial charge in [0.1, 0.15) is 5.75 Å². The third-order valence-electron chi connectivity index (χ3n) is 4.95. The van der Waals surface area contributed by atoms with Crippen molar-refractivity contribution in [1.82, 2.24) is 10.1 Å². The smallest absolute Gasteiger partial charge is 0.257 e. The molecule has 146 valence electrons. The van der Waals surface area contributed by atoms with E-state index < -0.39 is 0 Å². The van der Waals surface area contributed by atoms with Crippen LogP contribution in [0, 0.1) is 0 Å². The van der Waals surface area contributed by atoms with Crippen molar-refractivity contribution < 1.29 is 14.4 Å². The minimum absolute atomic E-state index is 0.188. The lowest BCUT2D eigenvalue weighted by Gasteiger charge is -2.32. The molecule has 2 N–H and O–H groups in total. The van der Waals surface area contributed by atoms with E-state index in [1.165, 1.54) is 0 Å². The molecule has 1 saturated heterocycles. The van der Waals surface area contributed by atoms with Gasteiger partial charge in [-0.05, 0) is 49.2 Å². The normalized spacial score (nSPS) is 14.9. The number of rotatable bonds is 6. The summed E-state index contributed by atoms with van der Waals surface area (Å²) in [5.41, 5.74) is 3.01. The van der Waals surface area contributed by atoms with Crippen LogP contribution in [0.2, 0.25) is 0 Å². The predicted molar refractivity (Wildman–Crippen MR) is 108 cm³/mol. The molecule has 2 heterocycles. The topological polar surface area (TPSA) is 83.7 Å². The second-order valence-corrected chi connectivity index (χ2v) is 6.83. The SMILES string of the molecule is COc1ccc(-c2nc(CNc3ccccc3N3CCC(O)CC3)no2)cc1. The summed E-state index contributed by atoms with van der Waals surface area (Å²) in [6.45, 7) is 2.17. The molecule has 0 spiro atoms. The first-order chi connectivity index (χ1) is 13.7. The molecule has 7 nitrogen and oxygen atoms in total. The number of piperidine rings is 1. The number of hydrogen-bond acceptors (Lipinski definition) is 7. The van der Waals surface area contributed by atoms with E-state index in [1.54, 1.807) is 7.11 Å². The summed E-state index contributed by atoms with van der Waals surface area (Å²) in [5.74, 6) is 1.86. The van der Waals surface area contributed by atoms with Crippen LogP contribution in [0.15, 0.2) is 53.1 Å². The molecule has 0 amide bonds. The van der Waals surface area contributed by atoms with Crippen LogP contribution in [0.5, 0.6) is 5.75 Å². The Morgan fingerprint density at radius 3 is 2.64 bits per heavy atom. The number of para-hydroxylation sites is 2. The molecule has 1 aliphatic heterocycles. The Morgan fingerprint density at radius 2 is 1.89 bits per heavy atom. The summed E-state index contributed by atoms with van der Waals surface area (Å²) in [7, 11) is 1.63. The number of nitrogens with one attached hydrogen (secondary N) is 1. The van der Waals surface area contributed by atoms with Gasteiger partial charge >= 0.3 is 0 Å². The van der Waals surface area contributed by atoms with Crippen LogP contribution in [-0.2, 0) is 6.54 Å². The molecule has 7 heteroatoms. The van der Waals surface area contributed by atoms with Crippen LogP contribution in [0.4, 0.5) is 11.4 Å². The van der Waals surface area contributed by atoms with E-state index in [0.717, 1.165) is 48.6 Å². The number of ether oxygens (including phenoxy) is 1. The first kappa shape index (κ1) is 18.3. The Bertz CT molecular complexity index is 902. The van der Waals surface area contributed by atoms with E-state index in [1.807, 2.05) is 42.5 Å². The number of benzene rings is 2. The summed E-state index contributed by atoms with van der Waals surface area (Å²) >= 11 is 0. The van der Waals surface area contributed by atoms with Gasteiger partial charge in [0.25, 0.3) is 5.89 Å². The fourth-order valence-corrected chi connectivity index (χ4v) is 3.36. The van der Waals surface area contributed by atoms with Crippen molar-refractivity contribution >= 4 is 11.4 Å². The van der Waals surface area contributed by atoms with Gasteiger partial charge in [0.05, 0.1) is 31.1 Å². The van der Waals surface area contributed by atoms with Gasteiger partial charge in [0.15, 0.2) is 5.82 Å². The number of methoxy groups -OCH3 is 1. The van der Waals surface area contributed by atoms with Crippen LogP contribution < -0.4 is 15.0 Å². The number of nitrogens with zero attached hydrogens (tertiary/aromatic N) is 3. The van der Waals surface area contributed by atoms with Crippen molar-refractivity contribution in [3.8, 4) is 17.2 Å². The van der Waals surface area contributed by atoms with Crippen molar-refractivity contribution in [3.63, 3.8) is 0 Å². The maximum atomic E-state index is 9.74. The molecule has 3 aromatic rings. The van der Waals surface area contributed by atoms with Gasteiger partial charge in [-0.2, -0.15) is 4.98 Å². The molecular formula is C21H24N4O3. The lowest BCUT2D eigenvalue weighted by atomic mass is 10.1. The molecule has 4 rings (SSSR count). The molecule has 28 heavy (non-hydrogen) atoms. The van der Waals surface area contributed by atoms with Crippen LogP contribution in [0.25, 0.3) is 11.5 Å². The molecule has 0 radical (unpaired) electrons.